The molecule has 1 fully saturated rings. The second-order valence-electron chi connectivity index (χ2n) is 5.53. The Labute approximate surface area is 129 Å². The van der Waals surface area contributed by atoms with E-state index in [-0.39, 0.29) is 0 Å². The molecule has 1 aliphatic rings. The van der Waals surface area contributed by atoms with Crippen molar-refractivity contribution in [2.45, 2.75) is 37.4 Å². The fourth-order valence-corrected chi connectivity index (χ4v) is 5.71. The molecule has 0 spiro atoms. The minimum Gasteiger partial charge on any atom is -0.142 e. The summed E-state index contributed by atoms with van der Waals surface area (Å²) >= 11 is 9.49. The molecule has 1 saturated carbocycles. The third-order valence-electron chi connectivity index (χ3n) is 4.21. The van der Waals surface area contributed by atoms with Crippen molar-refractivity contribution in [1.82, 2.24) is 0 Å². The van der Waals surface area contributed by atoms with Crippen LogP contribution in [-0.4, -0.2) is 0 Å². The predicted molar refractivity (Wildman–Crippen MR) is 87.8 cm³/mol. The maximum Gasteiger partial charge on any atom is 0.0488 e. The summed E-state index contributed by atoms with van der Waals surface area (Å²) in [5.74, 6) is 0. The molecule has 0 aliphatic heterocycles. The Balaban J connectivity index is 2.07. The smallest absolute Gasteiger partial charge is 0.0488 e. The first kappa shape index (κ1) is 13.1. The molecule has 1 aromatic heterocycles. The number of halogens is 2. The molecule has 0 saturated heterocycles. The Bertz CT molecular complexity index is 567. The molecular weight excluding hydrogens is 372 g/mol. The van der Waals surface area contributed by atoms with Crippen LogP contribution >= 0.6 is 43.2 Å². The van der Waals surface area contributed by atoms with Gasteiger partial charge < -0.3 is 0 Å². The fourth-order valence-electron chi connectivity index (χ4n) is 3.05. The molecule has 0 nitrogen and oxygen atoms in total. The number of benzene rings is 1. The van der Waals surface area contributed by atoms with E-state index >= 15 is 0 Å². The van der Waals surface area contributed by atoms with E-state index in [1.54, 1.807) is 0 Å². The third kappa shape index (κ3) is 2.08. The van der Waals surface area contributed by atoms with E-state index in [1.807, 2.05) is 11.3 Å². The Morgan fingerprint density at radius 1 is 1.28 bits per heavy atom. The van der Waals surface area contributed by atoms with Crippen LogP contribution in [0.15, 0.2) is 28.1 Å². The highest BCUT2D eigenvalue weighted by Crippen LogP contribution is 2.53. The summed E-state index contributed by atoms with van der Waals surface area (Å²) in [6, 6.07) is 6.51. The van der Waals surface area contributed by atoms with Gasteiger partial charge >= 0.3 is 0 Å². The number of thiophene rings is 1. The number of hydrogen-bond donors (Lipinski definition) is 0. The third-order valence-corrected chi connectivity index (χ3v) is 7.78. The molecule has 0 N–H and O–H groups in total. The summed E-state index contributed by atoms with van der Waals surface area (Å²) in [4.78, 5) is 0.482. The van der Waals surface area contributed by atoms with Crippen LogP contribution in [0.1, 0.15) is 43.0 Å². The summed E-state index contributed by atoms with van der Waals surface area (Å²) in [6.45, 7) is 2.43. The molecule has 3 heteroatoms. The van der Waals surface area contributed by atoms with Crippen molar-refractivity contribution in [3.8, 4) is 0 Å². The summed E-state index contributed by atoms with van der Waals surface area (Å²) < 4.78 is 2.59. The highest BCUT2D eigenvalue weighted by Gasteiger charge is 2.37. The Morgan fingerprint density at radius 3 is 2.72 bits per heavy atom. The van der Waals surface area contributed by atoms with Crippen molar-refractivity contribution in [3.05, 3.63) is 33.6 Å². The van der Waals surface area contributed by atoms with Crippen LogP contribution in [0.4, 0.5) is 0 Å². The molecular formula is C15H16Br2S. The highest BCUT2D eigenvalue weighted by atomic mass is 79.9. The lowest BCUT2D eigenvalue weighted by molar-refractivity contribution is 0.333. The van der Waals surface area contributed by atoms with E-state index in [0.29, 0.717) is 10.2 Å². The van der Waals surface area contributed by atoms with Crippen LogP contribution in [-0.2, 0) is 0 Å². The highest BCUT2D eigenvalue weighted by molar-refractivity contribution is 9.10. The van der Waals surface area contributed by atoms with Crippen LogP contribution in [0.25, 0.3) is 10.1 Å². The first-order valence-electron chi connectivity index (χ1n) is 6.41. The van der Waals surface area contributed by atoms with Crippen molar-refractivity contribution in [2.75, 3.05) is 0 Å². The Hall–Kier alpha value is 0.140. The zero-order chi connectivity index (χ0) is 12.8. The van der Waals surface area contributed by atoms with Gasteiger partial charge in [0.2, 0.25) is 0 Å². The number of hydrogen-bond acceptors (Lipinski definition) is 1. The van der Waals surface area contributed by atoms with Gasteiger partial charge in [-0.15, -0.1) is 11.3 Å². The zero-order valence-corrected chi connectivity index (χ0v) is 14.4. The number of alkyl halides is 1. The van der Waals surface area contributed by atoms with Crippen LogP contribution in [0.3, 0.4) is 0 Å². The largest absolute Gasteiger partial charge is 0.142 e. The lowest BCUT2D eigenvalue weighted by Crippen LogP contribution is -2.17. The van der Waals surface area contributed by atoms with Crippen LogP contribution < -0.4 is 0 Å². The van der Waals surface area contributed by atoms with Gasteiger partial charge in [0.15, 0.2) is 0 Å². The van der Waals surface area contributed by atoms with Gasteiger partial charge in [-0.2, -0.15) is 0 Å². The van der Waals surface area contributed by atoms with E-state index in [1.165, 1.54) is 45.8 Å². The second kappa shape index (κ2) is 4.92. The predicted octanol–water partition coefficient (Wildman–Crippen LogP) is 6.68. The van der Waals surface area contributed by atoms with Gasteiger partial charge in [-0.25, -0.2) is 0 Å². The minimum atomic E-state index is 0.427. The molecule has 1 heterocycles. The van der Waals surface area contributed by atoms with Crippen LogP contribution in [0, 0.1) is 5.41 Å². The average Bonchev–Trinajstić information content (AvgIpc) is 2.96. The zero-order valence-electron chi connectivity index (χ0n) is 10.4. The van der Waals surface area contributed by atoms with Crippen molar-refractivity contribution in [2.24, 2.45) is 5.41 Å². The van der Waals surface area contributed by atoms with E-state index < -0.39 is 0 Å². The fraction of sp³-hybridized carbons (Fsp3) is 0.467. The van der Waals surface area contributed by atoms with Gasteiger partial charge in [-0.05, 0) is 56.6 Å². The van der Waals surface area contributed by atoms with Gasteiger partial charge in [0.05, 0.1) is 0 Å². The molecule has 0 radical (unpaired) electrons. The number of fused-ring (bicyclic) bond motifs is 1. The van der Waals surface area contributed by atoms with Gasteiger partial charge in [0.1, 0.15) is 0 Å². The molecule has 1 aromatic carbocycles. The van der Waals surface area contributed by atoms with E-state index in [0.717, 1.165) is 0 Å². The SMILES string of the molecule is CC1(C(Br)c2csc3c(Br)cccc23)CCCC1. The van der Waals surface area contributed by atoms with Gasteiger partial charge in [-0.1, -0.05) is 47.8 Å². The lowest BCUT2D eigenvalue weighted by atomic mass is 9.82. The molecule has 18 heavy (non-hydrogen) atoms. The van der Waals surface area contributed by atoms with Crippen molar-refractivity contribution >= 4 is 53.3 Å². The average molecular weight is 388 g/mol. The topological polar surface area (TPSA) is 0 Å². The molecule has 2 aromatic rings. The van der Waals surface area contributed by atoms with Gasteiger partial charge in [0, 0.05) is 14.0 Å². The molecule has 0 amide bonds. The van der Waals surface area contributed by atoms with Crippen molar-refractivity contribution in [3.63, 3.8) is 0 Å². The van der Waals surface area contributed by atoms with Crippen LogP contribution in [0.2, 0.25) is 0 Å². The second-order valence-corrected chi connectivity index (χ2v) is 8.18. The molecule has 1 aliphatic carbocycles. The van der Waals surface area contributed by atoms with Crippen LogP contribution in [0.5, 0.6) is 0 Å². The first-order chi connectivity index (χ1) is 8.62. The molecule has 1 atom stereocenters. The van der Waals surface area contributed by atoms with Crippen molar-refractivity contribution < 1.29 is 0 Å². The Kier molecular flexibility index (Phi) is 3.59. The summed E-state index contributed by atoms with van der Waals surface area (Å²) in [7, 11) is 0. The summed E-state index contributed by atoms with van der Waals surface area (Å²) in [5, 5.41) is 3.74. The summed E-state index contributed by atoms with van der Waals surface area (Å²) in [6.07, 6.45) is 5.44. The first-order valence-corrected chi connectivity index (χ1v) is 9.00. The maximum atomic E-state index is 3.99. The van der Waals surface area contributed by atoms with Crippen molar-refractivity contribution in [1.29, 1.82) is 0 Å². The molecule has 96 valence electrons. The standard InChI is InChI=1S/C15H16Br2S/c1-15(7-2-3-8-15)14(17)11-9-18-13-10(11)5-4-6-12(13)16/h4-6,9,14H,2-3,7-8H2,1H3. The number of rotatable bonds is 2. The maximum absolute atomic E-state index is 3.99. The molecule has 0 bridgehead atoms. The minimum absolute atomic E-state index is 0.427. The molecule has 3 rings (SSSR count). The Morgan fingerprint density at radius 2 is 2.00 bits per heavy atom. The quantitative estimate of drug-likeness (QED) is 0.504. The van der Waals surface area contributed by atoms with Gasteiger partial charge in [0.25, 0.3) is 0 Å². The van der Waals surface area contributed by atoms with E-state index in [2.05, 4.69) is 62.4 Å². The van der Waals surface area contributed by atoms with E-state index in [9.17, 15) is 0 Å². The van der Waals surface area contributed by atoms with E-state index in [4.69, 9.17) is 0 Å². The monoisotopic (exact) mass is 386 g/mol. The normalized spacial score (nSPS) is 20.4. The lowest BCUT2D eigenvalue weighted by Gasteiger charge is -2.29. The molecule has 1 unspecified atom stereocenters. The van der Waals surface area contributed by atoms with Gasteiger partial charge in [-0.3, -0.25) is 0 Å². The summed E-state index contributed by atoms with van der Waals surface area (Å²) in [5.41, 5.74) is 1.90.